The molecule has 1 aromatic carbocycles. The molecule has 0 saturated heterocycles. The minimum absolute atomic E-state index is 0.379. The van der Waals surface area contributed by atoms with Crippen LogP contribution in [0.5, 0.6) is 0 Å². The molecule has 8 heteroatoms. The highest BCUT2D eigenvalue weighted by Crippen LogP contribution is 2.35. The monoisotopic (exact) mass is 386 g/mol. The summed E-state index contributed by atoms with van der Waals surface area (Å²) >= 11 is 17.3. The van der Waals surface area contributed by atoms with Crippen LogP contribution in [-0.4, -0.2) is 14.8 Å². The molecule has 0 atom stereocenters. The number of halogens is 3. The minimum atomic E-state index is -2.19. The lowest BCUT2D eigenvalue weighted by atomic mass is 10.0. The number of aryl methyl sites for hydroxylation is 1. The van der Waals surface area contributed by atoms with Crippen LogP contribution >= 0.6 is 46.6 Å². The van der Waals surface area contributed by atoms with E-state index in [2.05, 4.69) is 16.1 Å². The van der Waals surface area contributed by atoms with Crippen molar-refractivity contribution in [2.24, 2.45) is 5.16 Å². The number of oxime groups is 1. The van der Waals surface area contributed by atoms with Gasteiger partial charge < -0.3 is 4.84 Å². The van der Waals surface area contributed by atoms with Crippen LogP contribution in [0.25, 0.3) is 5.57 Å². The van der Waals surface area contributed by atoms with Gasteiger partial charge in [0.1, 0.15) is 11.1 Å². The van der Waals surface area contributed by atoms with Gasteiger partial charge >= 0.3 is 5.97 Å². The van der Waals surface area contributed by atoms with E-state index in [0.717, 1.165) is 11.1 Å². The number of rotatable bonds is 2. The zero-order valence-corrected chi connectivity index (χ0v) is 14.8. The molecule has 4 nitrogen and oxygen atoms in total. The van der Waals surface area contributed by atoms with E-state index in [1.807, 2.05) is 31.2 Å². The van der Waals surface area contributed by atoms with Crippen LogP contribution < -0.4 is 0 Å². The maximum atomic E-state index is 11.3. The molecule has 0 aromatic heterocycles. The van der Waals surface area contributed by atoms with E-state index in [0.29, 0.717) is 15.5 Å². The summed E-state index contributed by atoms with van der Waals surface area (Å²) in [6.07, 6.45) is 3.33. The molecular formula is C15H9Cl3N2O2S. The minimum Gasteiger partial charge on any atom is -0.312 e. The van der Waals surface area contributed by atoms with Crippen LogP contribution in [0.3, 0.4) is 0 Å². The Bertz CT molecular complexity index is 774. The quantitative estimate of drug-likeness (QED) is 0.318. The van der Waals surface area contributed by atoms with Gasteiger partial charge in [-0.3, -0.25) is 0 Å². The standard InChI is InChI=1S/C15H9Cl3N2O2S/c1-9-4-2-3-5-10(9)11(8-19)12-6-7-13(23-12)20-22-14(21)15(16,17)18/h2-7H,1H3. The molecule has 0 bridgehead atoms. The molecule has 0 amide bonds. The number of hydrogen-bond donors (Lipinski definition) is 0. The van der Waals surface area contributed by atoms with Crippen LogP contribution in [0.4, 0.5) is 0 Å². The van der Waals surface area contributed by atoms with E-state index < -0.39 is 9.76 Å². The van der Waals surface area contributed by atoms with Crippen LogP contribution in [0, 0.1) is 18.3 Å². The second-order valence-electron chi connectivity index (χ2n) is 4.41. The third-order valence-electron chi connectivity index (χ3n) is 2.81. The summed E-state index contributed by atoms with van der Waals surface area (Å²) in [7, 11) is 0. The first kappa shape index (κ1) is 17.9. The second-order valence-corrected chi connectivity index (χ2v) is 7.75. The van der Waals surface area contributed by atoms with Crippen molar-refractivity contribution in [2.75, 3.05) is 0 Å². The predicted octanol–water partition coefficient (Wildman–Crippen LogP) is 4.76. The van der Waals surface area contributed by atoms with E-state index >= 15 is 0 Å². The van der Waals surface area contributed by atoms with Gasteiger partial charge in [-0.05, 0) is 30.2 Å². The van der Waals surface area contributed by atoms with Gasteiger partial charge in [0.25, 0.3) is 3.79 Å². The van der Waals surface area contributed by atoms with E-state index in [-0.39, 0.29) is 0 Å². The Kier molecular flexibility index (Phi) is 5.77. The number of alkyl halides is 3. The van der Waals surface area contributed by atoms with E-state index in [1.165, 1.54) is 11.8 Å². The molecule has 0 unspecified atom stereocenters. The molecule has 1 aromatic rings. The lowest BCUT2D eigenvalue weighted by Crippen LogP contribution is -2.20. The van der Waals surface area contributed by atoms with Gasteiger partial charge in [0.05, 0.1) is 5.57 Å². The molecule has 0 spiro atoms. The van der Waals surface area contributed by atoms with E-state index in [1.54, 1.807) is 12.2 Å². The Morgan fingerprint density at radius 1 is 1.30 bits per heavy atom. The fourth-order valence-corrected chi connectivity index (χ4v) is 2.68. The van der Waals surface area contributed by atoms with Crippen molar-refractivity contribution >= 4 is 63.2 Å². The van der Waals surface area contributed by atoms with Gasteiger partial charge in [-0.15, -0.1) is 0 Å². The Morgan fingerprint density at radius 3 is 2.61 bits per heavy atom. The first-order valence-corrected chi connectivity index (χ1v) is 8.20. The summed E-state index contributed by atoms with van der Waals surface area (Å²) in [6, 6.07) is 9.75. The summed E-state index contributed by atoms with van der Waals surface area (Å²) in [6.45, 7) is 1.92. The summed E-state index contributed by atoms with van der Waals surface area (Å²) in [5, 5.41) is 13.4. The van der Waals surface area contributed by atoms with Crippen LogP contribution in [0.1, 0.15) is 11.1 Å². The summed E-state index contributed by atoms with van der Waals surface area (Å²) < 4.78 is -2.19. The number of thioether (sulfide) groups is 1. The van der Waals surface area contributed by atoms with Gasteiger partial charge in [-0.1, -0.05) is 76.0 Å². The molecule has 0 N–H and O–H groups in total. The van der Waals surface area contributed by atoms with Gasteiger partial charge in [0.15, 0.2) is 0 Å². The molecule has 0 saturated carbocycles. The average Bonchev–Trinajstić information content (AvgIpc) is 2.95. The summed E-state index contributed by atoms with van der Waals surface area (Å²) in [4.78, 5) is 16.6. The van der Waals surface area contributed by atoms with Crippen molar-refractivity contribution < 1.29 is 9.63 Å². The van der Waals surface area contributed by atoms with Crippen molar-refractivity contribution in [1.29, 1.82) is 5.26 Å². The lowest BCUT2D eigenvalue weighted by molar-refractivity contribution is -0.142. The molecule has 1 aliphatic rings. The third kappa shape index (κ3) is 4.52. The lowest BCUT2D eigenvalue weighted by Gasteiger charge is -2.06. The molecule has 1 heterocycles. The number of carbonyl (C=O) groups is 1. The maximum Gasteiger partial charge on any atom is 0.386 e. The molecular weight excluding hydrogens is 379 g/mol. The van der Waals surface area contributed by atoms with Crippen molar-refractivity contribution in [2.45, 2.75) is 10.7 Å². The highest BCUT2D eigenvalue weighted by atomic mass is 35.6. The first-order valence-electron chi connectivity index (χ1n) is 6.25. The molecule has 1 aliphatic heterocycles. The first-order chi connectivity index (χ1) is 10.8. The Balaban J connectivity index is 2.22. The predicted molar refractivity (Wildman–Crippen MR) is 94.3 cm³/mol. The van der Waals surface area contributed by atoms with E-state index in [4.69, 9.17) is 34.8 Å². The van der Waals surface area contributed by atoms with Crippen LogP contribution in [0.15, 0.2) is 46.5 Å². The van der Waals surface area contributed by atoms with Gasteiger partial charge in [0, 0.05) is 4.91 Å². The Morgan fingerprint density at radius 2 is 2.00 bits per heavy atom. The van der Waals surface area contributed by atoms with Crippen molar-refractivity contribution in [3.63, 3.8) is 0 Å². The molecule has 23 heavy (non-hydrogen) atoms. The van der Waals surface area contributed by atoms with Gasteiger partial charge in [-0.2, -0.15) is 5.26 Å². The normalized spacial score (nSPS) is 18.0. The van der Waals surface area contributed by atoms with Gasteiger partial charge in [-0.25, -0.2) is 4.79 Å². The highest BCUT2D eigenvalue weighted by molar-refractivity contribution is 8.18. The fourth-order valence-electron chi connectivity index (χ4n) is 1.75. The maximum absolute atomic E-state index is 11.3. The average molecular weight is 388 g/mol. The number of nitriles is 1. The zero-order valence-electron chi connectivity index (χ0n) is 11.7. The van der Waals surface area contributed by atoms with Crippen molar-refractivity contribution in [3.8, 4) is 6.07 Å². The SMILES string of the molecule is Cc1ccccc1C(C#N)=C1C=CC(=NOC(=O)C(Cl)(Cl)Cl)S1. The van der Waals surface area contributed by atoms with E-state index in [9.17, 15) is 10.1 Å². The highest BCUT2D eigenvalue weighted by Gasteiger charge is 2.33. The number of carbonyl (C=O) groups excluding carboxylic acids is 1. The molecule has 118 valence electrons. The Labute approximate surface area is 152 Å². The second kappa shape index (κ2) is 7.41. The van der Waals surface area contributed by atoms with Crippen molar-refractivity contribution in [3.05, 3.63) is 52.4 Å². The molecule has 0 aliphatic carbocycles. The molecule has 2 rings (SSSR count). The Hall–Kier alpha value is -1.45. The number of hydrogen-bond acceptors (Lipinski definition) is 5. The number of allylic oxidation sites excluding steroid dienone is 2. The zero-order chi connectivity index (χ0) is 17.0. The third-order valence-corrected chi connectivity index (χ3v) is 4.26. The number of benzene rings is 1. The molecule has 0 fully saturated rings. The van der Waals surface area contributed by atoms with Crippen LogP contribution in [-0.2, 0) is 9.63 Å². The molecule has 0 radical (unpaired) electrons. The van der Waals surface area contributed by atoms with Crippen LogP contribution in [0.2, 0.25) is 0 Å². The smallest absolute Gasteiger partial charge is 0.312 e. The van der Waals surface area contributed by atoms with Gasteiger partial charge in [0.2, 0.25) is 0 Å². The summed E-state index contributed by atoms with van der Waals surface area (Å²) in [5.74, 6) is -1.10. The fraction of sp³-hybridized carbons (Fsp3) is 0.133. The number of nitrogens with zero attached hydrogens (tertiary/aromatic N) is 2. The van der Waals surface area contributed by atoms with Crippen molar-refractivity contribution in [1.82, 2.24) is 0 Å². The summed E-state index contributed by atoms with van der Waals surface area (Å²) in [5.41, 5.74) is 2.34. The topological polar surface area (TPSA) is 62.4 Å². The largest absolute Gasteiger partial charge is 0.386 e.